The second kappa shape index (κ2) is 2.78. The molecule has 0 radical (unpaired) electrons. The van der Waals surface area contributed by atoms with Crippen LogP contribution >= 0.6 is 0 Å². The molecule has 0 saturated heterocycles. The average Bonchev–Trinajstić information content (AvgIpc) is 1.95. The van der Waals surface area contributed by atoms with E-state index in [9.17, 15) is 0 Å². The van der Waals surface area contributed by atoms with Gasteiger partial charge >= 0.3 is 0 Å². The molecule has 0 spiro atoms. The highest BCUT2D eigenvalue weighted by atomic mass is 16.6. The molecule has 0 aliphatic carbocycles. The van der Waals surface area contributed by atoms with E-state index < -0.39 is 24.3 Å². The van der Waals surface area contributed by atoms with Gasteiger partial charge in [0, 0.05) is 0 Å². The van der Waals surface area contributed by atoms with E-state index in [1.165, 1.54) is 0 Å². The number of ether oxygens (including phenoxy) is 1. The highest BCUT2D eigenvalue weighted by molar-refractivity contribution is 5.09. The number of rotatable bonds is 1. The van der Waals surface area contributed by atoms with Gasteiger partial charge in [-0.05, 0) is 6.08 Å². The zero-order valence-corrected chi connectivity index (χ0v) is 5.77. The molecule has 1 rings (SSSR count). The summed E-state index contributed by atoms with van der Waals surface area (Å²) in [6.07, 6.45) is 0.408. The summed E-state index contributed by atoms with van der Waals surface area (Å²) >= 11 is 0. The van der Waals surface area contributed by atoms with Crippen molar-refractivity contribution in [3.05, 3.63) is 11.8 Å². The van der Waals surface area contributed by atoms with Crippen LogP contribution in [-0.4, -0.2) is 45.5 Å². The van der Waals surface area contributed by atoms with Crippen molar-refractivity contribution in [2.24, 2.45) is 0 Å². The van der Waals surface area contributed by atoms with Crippen LogP contribution in [0.15, 0.2) is 11.8 Å². The highest BCUT2D eigenvalue weighted by Crippen LogP contribution is 2.18. The monoisotopic (exact) mass is 162 g/mol. The molecule has 0 aromatic carbocycles. The first-order valence-electron chi connectivity index (χ1n) is 3.15. The molecule has 0 saturated carbocycles. The van der Waals surface area contributed by atoms with Gasteiger partial charge in [0.2, 0.25) is 5.79 Å². The van der Waals surface area contributed by atoms with Crippen molar-refractivity contribution in [3.8, 4) is 0 Å². The lowest BCUT2D eigenvalue weighted by Gasteiger charge is -2.28. The van der Waals surface area contributed by atoms with Crippen LogP contribution in [0.25, 0.3) is 0 Å². The Morgan fingerprint density at radius 1 is 1.64 bits per heavy atom. The van der Waals surface area contributed by atoms with Gasteiger partial charge in [-0.15, -0.1) is 0 Å². The van der Waals surface area contributed by atoms with Crippen LogP contribution in [0, 0.1) is 0 Å². The third kappa shape index (κ3) is 1.69. The van der Waals surface area contributed by atoms with E-state index >= 15 is 0 Å². The van der Waals surface area contributed by atoms with E-state index in [-0.39, 0.29) is 6.61 Å². The number of hydrogen-bond acceptors (Lipinski definition) is 5. The van der Waals surface area contributed by atoms with Crippen LogP contribution in [0.5, 0.6) is 0 Å². The molecule has 11 heavy (non-hydrogen) atoms. The van der Waals surface area contributed by atoms with E-state index in [1.807, 2.05) is 0 Å². The molecule has 0 bridgehead atoms. The summed E-state index contributed by atoms with van der Waals surface area (Å²) in [5, 5.41) is 35.2. The maximum Gasteiger partial charge on any atom is 0.246 e. The molecule has 0 amide bonds. The minimum atomic E-state index is -2.30. The molecule has 0 aromatic rings. The van der Waals surface area contributed by atoms with Crippen LogP contribution in [0.2, 0.25) is 0 Å². The highest BCUT2D eigenvalue weighted by Gasteiger charge is 2.34. The lowest BCUT2D eigenvalue weighted by atomic mass is 10.1. The van der Waals surface area contributed by atoms with Crippen LogP contribution in [-0.2, 0) is 4.74 Å². The van der Waals surface area contributed by atoms with Crippen molar-refractivity contribution in [1.29, 1.82) is 0 Å². The Morgan fingerprint density at radius 2 is 2.27 bits per heavy atom. The Morgan fingerprint density at radius 3 is 2.73 bits per heavy atom. The topological polar surface area (TPSA) is 90.2 Å². The molecule has 0 unspecified atom stereocenters. The van der Waals surface area contributed by atoms with E-state index in [2.05, 4.69) is 0 Å². The molecule has 1 heterocycles. The standard InChI is InChI=1S/C6H10O5/c7-2-4-1-5(8)6(9,10)3-11-4/h1,4,7-10H,2-3H2/t4-/m0/s1. The fourth-order valence-corrected chi connectivity index (χ4v) is 0.760. The van der Waals surface area contributed by atoms with Gasteiger partial charge in [-0.2, -0.15) is 0 Å². The van der Waals surface area contributed by atoms with Gasteiger partial charge in [-0.3, -0.25) is 0 Å². The predicted octanol–water partition coefficient (Wildman–Crippen LogP) is -1.50. The number of aliphatic hydroxyl groups excluding tert-OH is 2. The van der Waals surface area contributed by atoms with Crippen molar-refractivity contribution in [2.45, 2.75) is 11.9 Å². The maximum absolute atomic E-state index is 8.91. The van der Waals surface area contributed by atoms with Crippen LogP contribution in [0.4, 0.5) is 0 Å². The molecule has 0 aromatic heterocycles. The smallest absolute Gasteiger partial charge is 0.246 e. The summed E-state index contributed by atoms with van der Waals surface area (Å²) in [6.45, 7) is -0.722. The number of hydrogen-bond donors (Lipinski definition) is 4. The van der Waals surface area contributed by atoms with Gasteiger partial charge in [-0.1, -0.05) is 0 Å². The summed E-state index contributed by atoms with van der Waals surface area (Å²) in [7, 11) is 0. The van der Waals surface area contributed by atoms with E-state index in [0.29, 0.717) is 0 Å². The second-order valence-corrected chi connectivity index (χ2v) is 2.40. The Bertz CT molecular complexity index is 174. The molecule has 4 N–H and O–H groups in total. The predicted molar refractivity (Wildman–Crippen MR) is 34.7 cm³/mol. The van der Waals surface area contributed by atoms with Gasteiger partial charge in [0.05, 0.1) is 6.61 Å². The molecule has 0 fully saturated rings. The largest absolute Gasteiger partial charge is 0.507 e. The maximum atomic E-state index is 8.91. The van der Waals surface area contributed by atoms with Crippen LogP contribution in [0.1, 0.15) is 0 Å². The van der Waals surface area contributed by atoms with Gasteiger partial charge < -0.3 is 25.2 Å². The quantitative estimate of drug-likeness (QED) is 0.352. The fraction of sp³-hybridized carbons (Fsp3) is 0.667. The zero-order chi connectivity index (χ0) is 8.48. The van der Waals surface area contributed by atoms with Crippen molar-refractivity contribution in [2.75, 3.05) is 13.2 Å². The Balaban J connectivity index is 2.72. The molecule has 5 heteroatoms. The van der Waals surface area contributed by atoms with Crippen molar-refractivity contribution < 1.29 is 25.2 Å². The minimum Gasteiger partial charge on any atom is -0.507 e. The SMILES string of the molecule is OC[C@@H]1C=C(O)C(O)(O)CO1. The average molecular weight is 162 g/mol. The Kier molecular flexibility index (Phi) is 2.15. The first-order chi connectivity index (χ1) is 5.06. The van der Waals surface area contributed by atoms with Crippen LogP contribution < -0.4 is 0 Å². The van der Waals surface area contributed by atoms with Crippen molar-refractivity contribution in [1.82, 2.24) is 0 Å². The summed E-state index contributed by atoms with van der Waals surface area (Å²) < 4.78 is 4.73. The Hall–Kier alpha value is -0.620. The van der Waals surface area contributed by atoms with Gasteiger partial charge in [0.1, 0.15) is 12.7 Å². The van der Waals surface area contributed by atoms with Gasteiger partial charge in [-0.25, -0.2) is 0 Å². The van der Waals surface area contributed by atoms with Gasteiger partial charge in [0.25, 0.3) is 0 Å². The molecule has 1 aliphatic heterocycles. The Labute approximate surface area is 63.2 Å². The normalized spacial score (nSPS) is 29.7. The molecular formula is C6H10O5. The number of aliphatic hydroxyl groups is 4. The first kappa shape index (κ1) is 8.48. The lowest BCUT2D eigenvalue weighted by Crippen LogP contribution is -2.42. The zero-order valence-electron chi connectivity index (χ0n) is 5.77. The lowest BCUT2D eigenvalue weighted by molar-refractivity contribution is -0.207. The summed E-state index contributed by atoms with van der Waals surface area (Å²) in [4.78, 5) is 0. The summed E-state index contributed by atoms with van der Waals surface area (Å²) in [5.41, 5.74) is 0. The van der Waals surface area contributed by atoms with Crippen molar-refractivity contribution in [3.63, 3.8) is 0 Å². The molecule has 1 atom stereocenters. The summed E-state index contributed by atoms with van der Waals surface area (Å²) in [6, 6.07) is 0. The molecule has 1 aliphatic rings. The van der Waals surface area contributed by atoms with Crippen molar-refractivity contribution >= 4 is 0 Å². The van der Waals surface area contributed by atoms with Crippen LogP contribution in [0.3, 0.4) is 0 Å². The molecule has 5 nitrogen and oxygen atoms in total. The second-order valence-electron chi connectivity index (χ2n) is 2.40. The fourth-order valence-electron chi connectivity index (χ4n) is 0.760. The van der Waals surface area contributed by atoms with Gasteiger partial charge in [0.15, 0.2) is 5.76 Å². The minimum absolute atomic E-state index is 0.292. The van der Waals surface area contributed by atoms with E-state index in [4.69, 9.17) is 25.2 Å². The molecular weight excluding hydrogens is 152 g/mol. The third-order valence-electron chi connectivity index (χ3n) is 1.43. The summed E-state index contributed by atoms with van der Waals surface area (Å²) in [5.74, 6) is -2.88. The first-order valence-corrected chi connectivity index (χ1v) is 3.15. The van der Waals surface area contributed by atoms with E-state index in [0.717, 1.165) is 6.08 Å². The van der Waals surface area contributed by atoms with E-state index in [1.54, 1.807) is 0 Å². The third-order valence-corrected chi connectivity index (χ3v) is 1.43. The molecule has 64 valence electrons.